The molecular formula is C20H29NaO7S. The van der Waals surface area contributed by atoms with Crippen LogP contribution in [0.2, 0.25) is 0 Å². The molecule has 2 N–H and O–H groups in total. The number of carbonyl (C=O) groups excluding carboxylic acids is 1. The molecule has 2 saturated carbocycles. The fourth-order valence-corrected chi connectivity index (χ4v) is 6.82. The molecule has 2 aliphatic carbocycles. The Hall–Kier alpha value is -0.220. The van der Waals surface area contributed by atoms with Crippen LogP contribution in [0.1, 0.15) is 46.0 Å². The van der Waals surface area contributed by atoms with Gasteiger partial charge in [0.2, 0.25) is 0 Å². The van der Waals surface area contributed by atoms with Crippen LogP contribution >= 0.6 is 0 Å². The third kappa shape index (κ3) is 4.27. The SMILES string of the molecule is C=C1CCC2[C@@](C)(CC[C@@H](O)[C@@]2(C)CO)C1CC(C1=CCOC1=O)S(=O)(=O)[O-].[Na+]. The van der Waals surface area contributed by atoms with Crippen molar-refractivity contribution in [3.63, 3.8) is 0 Å². The molecule has 1 aliphatic heterocycles. The minimum atomic E-state index is -4.77. The van der Waals surface area contributed by atoms with E-state index in [2.05, 4.69) is 6.58 Å². The number of ether oxygens (including phenoxy) is 1. The number of hydrogen-bond acceptors (Lipinski definition) is 7. The van der Waals surface area contributed by atoms with Crippen molar-refractivity contribution >= 4 is 16.1 Å². The van der Waals surface area contributed by atoms with Gasteiger partial charge in [0, 0.05) is 5.41 Å². The average Bonchev–Trinajstić information content (AvgIpc) is 3.02. The Labute approximate surface area is 194 Å². The molecule has 1 heterocycles. The normalized spacial score (nSPS) is 38.5. The third-order valence-electron chi connectivity index (χ3n) is 7.59. The maximum absolute atomic E-state index is 12.0. The summed E-state index contributed by atoms with van der Waals surface area (Å²) in [6.07, 6.45) is 3.17. The maximum Gasteiger partial charge on any atom is 1.00 e. The number of rotatable bonds is 5. The van der Waals surface area contributed by atoms with Gasteiger partial charge in [-0.1, -0.05) is 26.0 Å². The van der Waals surface area contributed by atoms with Crippen LogP contribution in [-0.2, 0) is 19.6 Å². The molecule has 0 aromatic heterocycles. The first-order valence-corrected chi connectivity index (χ1v) is 11.2. The molecule has 29 heavy (non-hydrogen) atoms. The Morgan fingerprint density at radius 2 is 2.03 bits per heavy atom. The van der Waals surface area contributed by atoms with Gasteiger partial charge in [-0.25, -0.2) is 13.2 Å². The smallest absolute Gasteiger partial charge is 0.747 e. The molecule has 3 aliphatic rings. The molecule has 0 spiro atoms. The summed E-state index contributed by atoms with van der Waals surface area (Å²) in [6.45, 7) is 7.84. The number of allylic oxidation sites excluding steroid dienone is 1. The zero-order valence-corrected chi connectivity index (χ0v) is 20.2. The van der Waals surface area contributed by atoms with Crippen LogP contribution in [0.3, 0.4) is 0 Å². The first-order chi connectivity index (χ1) is 12.9. The van der Waals surface area contributed by atoms with E-state index in [1.54, 1.807) is 0 Å². The van der Waals surface area contributed by atoms with Gasteiger partial charge in [0.1, 0.15) is 16.7 Å². The van der Waals surface area contributed by atoms with E-state index in [1.807, 2.05) is 13.8 Å². The fourth-order valence-electron chi connectivity index (χ4n) is 5.89. The number of aliphatic hydroxyl groups is 2. The topological polar surface area (TPSA) is 124 Å². The molecule has 0 saturated heterocycles. The van der Waals surface area contributed by atoms with Gasteiger partial charge in [-0.05, 0) is 55.4 Å². The first kappa shape index (κ1) is 25.0. The fraction of sp³-hybridized carbons (Fsp3) is 0.750. The van der Waals surface area contributed by atoms with Crippen LogP contribution in [-0.4, -0.2) is 53.7 Å². The summed E-state index contributed by atoms with van der Waals surface area (Å²) in [6, 6.07) is 0. The van der Waals surface area contributed by atoms with Gasteiger partial charge >= 0.3 is 35.5 Å². The minimum absolute atomic E-state index is 0. The largest absolute Gasteiger partial charge is 1.00 e. The van der Waals surface area contributed by atoms with Crippen molar-refractivity contribution in [3.8, 4) is 0 Å². The Morgan fingerprint density at radius 3 is 2.55 bits per heavy atom. The second kappa shape index (κ2) is 8.73. The van der Waals surface area contributed by atoms with Crippen molar-refractivity contribution < 1.29 is 62.3 Å². The summed E-state index contributed by atoms with van der Waals surface area (Å²) in [7, 11) is -4.77. The van der Waals surface area contributed by atoms with E-state index in [0.717, 1.165) is 12.0 Å². The van der Waals surface area contributed by atoms with Crippen LogP contribution in [0.25, 0.3) is 0 Å². The maximum atomic E-state index is 12.0. The van der Waals surface area contributed by atoms with Crippen molar-refractivity contribution in [2.24, 2.45) is 22.7 Å². The standard InChI is InChI=1S/C20H30O7S.Na/c1-12-4-5-16-19(2,8-6-17(22)20(16,3)11-21)14(12)10-15(28(24,25)26)13-7-9-27-18(13)23;/h7,14-17,21-22H,1,4-6,8-11H2,2-3H3,(H,24,25,26);/q;+1/p-1/t14?,15?,16?,17-,19+,20+;/m1./s1. The van der Waals surface area contributed by atoms with Gasteiger partial charge in [-0.2, -0.15) is 0 Å². The molecule has 0 bridgehead atoms. The number of fused-ring (bicyclic) bond motifs is 1. The van der Waals surface area contributed by atoms with E-state index in [4.69, 9.17) is 4.74 Å². The second-order valence-electron chi connectivity index (χ2n) is 9.00. The average molecular weight is 437 g/mol. The Balaban J connectivity index is 0.00000300. The van der Waals surface area contributed by atoms with Gasteiger partial charge in [-0.3, -0.25) is 0 Å². The van der Waals surface area contributed by atoms with Crippen molar-refractivity contribution in [1.82, 2.24) is 0 Å². The van der Waals surface area contributed by atoms with E-state index in [-0.39, 0.29) is 66.6 Å². The van der Waals surface area contributed by atoms with Crippen molar-refractivity contribution in [2.45, 2.75) is 57.3 Å². The van der Waals surface area contributed by atoms with E-state index in [0.29, 0.717) is 19.3 Å². The minimum Gasteiger partial charge on any atom is -0.747 e. The van der Waals surface area contributed by atoms with Crippen LogP contribution < -0.4 is 29.6 Å². The molecule has 0 radical (unpaired) electrons. The van der Waals surface area contributed by atoms with Gasteiger partial charge in [0.15, 0.2) is 0 Å². The summed E-state index contributed by atoms with van der Waals surface area (Å²) >= 11 is 0. The number of hydrogen-bond donors (Lipinski definition) is 2. The molecular weight excluding hydrogens is 407 g/mol. The van der Waals surface area contributed by atoms with Gasteiger partial charge in [0.25, 0.3) is 0 Å². The van der Waals surface area contributed by atoms with E-state index >= 15 is 0 Å². The molecule has 0 aromatic rings. The quantitative estimate of drug-likeness (QED) is 0.233. The summed E-state index contributed by atoms with van der Waals surface area (Å²) < 4.78 is 40.9. The summed E-state index contributed by atoms with van der Waals surface area (Å²) in [5.74, 6) is -1.12. The number of aliphatic hydroxyl groups excluding tert-OH is 2. The van der Waals surface area contributed by atoms with Gasteiger partial charge in [0.05, 0.1) is 23.5 Å². The zero-order chi connectivity index (χ0) is 20.9. The van der Waals surface area contributed by atoms with Crippen LogP contribution in [0, 0.1) is 22.7 Å². The molecule has 3 unspecified atom stereocenters. The van der Waals surface area contributed by atoms with E-state index in [1.165, 1.54) is 6.08 Å². The molecule has 9 heteroatoms. The molecule has 3 rings (SSSR count). The Bertz CT molecular complexity index is 808. The predicted octanol–water partition coefficient (Wildman–Crippen LogP) is -1.48. The number of carbonyl (C=O) groups is 1. The first-order valence-electron chi connectivity index (χ1n) is 9.73. The summed E-state index contributed by atoms with van der Waals surface area (Å²) in [5.41, 5.74) is -0.369. The summed E-state index contributed by atoms with van der Waals surface area (Å²) in [5, 5.41) is 19.1. The zero-order valence-electron chi connectivity index (χ0n) is 17.4. The third-order valence-corrected chi connectivity index (χ3v) is 8.74. The van der Waals surface area contributed by atoms with Crippen molar-refractivity contribution in [1.29, 1.82) is 0 Å². The molecule has 6 atom stereocenters. The molecule has 2 fully saturated rings. The Morgan fingerprint density at radius 1 is 1.38 bits per heavy atom. The van der Waals surface area contributed by atoms with Crippen LogP contribution in [0.5, 0.6) is 0 Å². The van der Waals surface area contributed by atoms with Gasteiger partial charge < -0.3 is 19.5 Å². The van der Waals surface area contributed by atoms with E-state index < -0.39 is 38.3 Å². The monoisotopic (exact) mass is 436 g/mol. The second-order valence-corrected chi connectivity index (χ2v) is 10.6. The predicted molar refractivity (Wildman–Crippen MR) is 101 cm³/mol. The van der Waals surface area contributed by atoms with Crippen LogP contribution in [0.15, 0.2) is 23.8 Å². The number of cyclic esters (lactones) is 1. The molecule has 0 amide bonds. The number of esters is 1. The molecule has 158 valence electrons. The van der Waals surface area contributed by atoms with Crippen molar-refractivity contribution in [2.75, 3.05) is 13.2 Å². The van der Waals surface area contributed by atoms with Crippen molar-refractivity contribution in [3.05, 3.63) is 23.8 Å². The van der Waals surface area contributed by atoms with Crippen LogP contribution in [0.4, 0.5) is 0 Å². The molecule has 7 nitrogen and oxygen atoms in total. The van der Waals surface area contributed by atoms with Gasteiger partial charge in [-0.15, -0.1) is 0 Å². The Kier molecular flexibility index (Phi) is 7.54. The van der Waals surface area contributed by atoms with E-state index in [9.17, 15) is 28.0 Å². The molecule has 0 aromatic carbocycles. The summed E-state index contributed by atoms with van der Waals surface area (Å²) in [4.78, 5) is 12.0.